The highest BCUT2D eigenvalue weighted by molar-refractivity contribution is 9.10. The SMILES string of the molecule is Cc1ccnc(Oc2cc(N)cc(Br)c2)c1. The highest BCUT2D eigenvalue weighted by Crippen LogP contribution is 2.26. The summed E-state index contributed by atoms with van der Waals surface area (Å²) in [6, 6.07) is 9.21. The minimum absolute atomic E-state index is 0.567. The third-order valence-corrected chi connectivity index (χ3v) is 2.46. The van der Waals surface area contributed by atoms with Crippen molar-refractivity contribution in [3.63, 3.8) is 0 Å². The number of anilines is 1. The molecule has 4 heteroatoms. The number of halogens is 1. The van der Waals surface area contributed by atoms with Gasteiger partial charge in [-0.05, 0) is 30.7 Å². The van der Waals surface area contributed by atoms with Gasteiger partial charge < -0.3 is 10.5 Å². The number of aryl methyl sites for hydroxylation is 1. The molecule has 0 aliphatic carbocycles. The van der Waals surface area contributed by atoms with Gasteiger partial charge in [0, 0.05) is 28.5 Å². The molecule has 1 aromatic carbocycles. The van der Waals surface area contributed by atoms with Gasteiger partial charge in [-0.25, -0.2) is 4.98 Å². The third kappa shape index (κ3) is 2.73. The maximum atomic E-state index is 5.71. The maximum Gasteiger partial charge on any atom is 0.219 e. The number of ether oxygens (including phenoxy) is 1. The van der Waals surface area contributed by atoms with Gasteiger partial charge in [0.05, 0.1) is 0 Å². The number of rotatable bonds is 2. The Hall–Kier alpha value is -1.55. The van der Waals surface area contributed by atoms with Crippen molar-refractivity contribution in [3.8, 4) is 11.6 Å². The second-order valence-electron chi connectivity index (χ2n) is 3.49. The van der Waals surface area contributed by atoms with Crippen LogP contribution in [0.5, 0.6) is 11.6 Å². The molecule has 0 aliphatic rings. The molecule has 0 saturated carbocycles. The molecule has 0 unspecified atom stereocenters. The lowest BCUT2D eigenvalue weighted by molar-refractivity contribution is 0.462. The minimum atomic E-state index is 0.567. The molecule has 82 valence electrons. The Labute approximate surface area is 102 Å². The molecule has 0 spiro atoms. The fourth-order valence-electron chi connectivity index (χ4n) is 1.33. The lowest BCUT2D eigenvalue weighted by atomic mass is 10.3. The Kier molecular flexibility index (Phi) is 3.10. The van der Waals surface area contributed by atoms with Crippen molar-refractivity contribution in [2.24, 2.45) is 0 Å². The molecule has 1 heterocycles. The molecule has 2 rings (SSSR count). The zero-order valence-electron chi connectivity index (χ0n) is 8.77. The summed E-state index contributed by atoms with van der Waals surface area (Å²) in [6.45, 7) is 1.99. The molecule has 0 aliphatic heterocycles. The molecule has 0 fully saturated rings. The average Bonchev–Trinajstić information content (AvgIpc) is 2.15. The van der Waals surface area contributed by atoms with Gasteiger partial charge in [-0.15, -0.1) is 0 Å². The Morgan fingerprint density at radius 2 is 2.06 bits per heavy atom. The van der Waals surface area contributed by atoms with Crippen molar-refractivity contribution in [1.29, 1.82) is 0 Å². The largest absolute Gasteiger partial charge is 0.439 e. The molecule has 0 amide bonds. The van der Waals surface area contributed by atoms with Crippen LogP contribution in [0.2, 0.25) is 0 Å². The topological polar surface area (TPSA) is 48.1 Å². The highest BCUT2D eigenvalue weighted by atomic mass is 79.9. The van der Waals surface area contributed by atoms with Gasteiger partial charge in [0.25, 0.3) is 0 Å². The van der Waals surface area contributed by atoms with Crippen LogP contribution in [0.1, 0.15) is 5.56 Å². The summed E-state index contributed by atoms with van der Waals surface area (Å²) in [5, 5.41) is 0. The summed E-state index contributed by atoms with van der Waals surface area (Å²) in [7, 11) is 0. The number of nitrogen functional groups attached to an aromatic ring is 1. The second kappa shape index (κ2) is 4.53. The Bertz CT molecular complexity index is 494. The van der Waals surface area contributed by atoms with Crippen molar-refractivity contribution in [1.82, 2.24) is 4.98 Å². The smallest absolute Gasteiger partial charge is 0.219 e. The number of nitrogens with zero attached hydrogens (tertiary/aromatic N) is 1. The zero-order chi connectivity index (χ0) is 11.5. The van der Waals surface area contributed by atoms with Gasteiger partial charge in [-0.1, -0.05) is 15.9 Å². The van der Waals surface area contributed by atoms with Crippen LogP contribution < -0.4 is 10.5 Å². The van der Waals surface area contributed by atoms with Crippen LogP contribution in [0.3, 0.4) is 0 Å². The summed E-state index contributed by atoms with van der Waals surface area (Å²) in [5.41, 5.74) is 7.47. The average molecular weight is 279 g/mol. The van der Waals surface area contributed by atoms with E-state index in [1.807, 2.05) is 31.2 Å². The Balaban J connectivity index is 2.27. The van der Waals surface area contributed by atoms with Gasteiger partial charge in [0.1, 0.15) is 5.75 Å². The molecule has 0 radical (unpaired) electrons. The van der Waals surface area contributed by atoms with E-state index in [2.05, 4.69) is 20.9 Å². The zero-order valence-corrected chi connectivity index (χ0v) is 10.4. The predicted octanol–water partition coefficient (Wildman–Crippen LogP) is 3.53. The molecule has 0 bridgehead atoms. The summed E-state index contributed by atoms with van der Waals surface area (Å²) >= 11 is 3.36. The van der Waals surface area contributed by atoms with E-state index in [1.165, 1.54) is 0 Å². The number of hydrogen-bond acceptors (Lipinski definition) is 3. The fourth-order valence-corrected chi connectivity index (χ4v) is 1.82. The van der Waals surface area contributed by atoms with E-state index in [0.29, 0.717) is 17.3 Å². The number of pyridine rings is 1. The molecule has 0 saturated heterocycles. The quantitative estimate of drug-likeness (QED) is 0.855. The molecule has 3 nitrogen and oxygen atoms in total. The van der Waals surface area contributed by atoms with E-state index >= 15 is 0 Å². The van der Waals surface area contributed by atoms with Crippen LogP contribution in [-0.2, 0) is 0 Å². The third-order valence-electron chi connectivity index (χ3n) is 2.01. The number of nitrogens with two attached hydrogens (primary N) is 1. The van der Waals surface area contributed by atoms with E-state index in [1.54, 1.807) is 12.3 Å². The molecular formula is C12H11BrN2O. The monoisotopic (exact) mass is 278 g/mol. The number of aromatic nitrogens is 1. The van der Waals surface area contributed by atoms with Crippen LogP contribution in [-0.4, -0.2) is 4.98 Å². The van der Waals surface area contributed by atoms with Gasteiger partial charge >= 0.3 is 0 Å². The highest BCUT2D eigenvalue weighted by Gasteiger charge is 2.01. The molecule has 2 aromatic rings. The van der Waals surface area contributed by atoms with Crippen LogP contribution in [0.4, 0.5) is 5.69 Å². The molecular weight excluding hydrogens is 268 g/mol. The van der Waals surface area contributed by atoms with E-state index in [4.69, 9.17) is 10.5 Å². The maximum absolute atomic E-state index is 5.71. The lowest BCUT2D eigenvalue weighted by Gasteiger charge is -2.06. The lowest BCUT2D eigenvalue weighted by Crippen LogP contribution is -1.90. The molecule has 2 N–H and O–H groups in total. The number of hydrogen-bond donors (Lipinski definition) is 1. The Morgan fingerprint density at radius 1 is 1.25 bits per heavy atom. The van der Waals surface area contributed by atoms with Gasteiger partial charge in [-0.2, -0.15) is 0 Å². The fraction of sp³-hybridized carbons (Fsp3) is 0.0833. The standard InChI is InChI=1S/C12H11BrN2O/c1-8-2-3-15-12(4-8)16-11-6-9(13)5-10(14)7-11/h2-7H,14H2,1H3. The summed E-state index contributed by atoms with van der Waals surface area (Å²) < 4.78 is 6.48. The van der Waals surface area contributed by atoms with Crippen molar-refractivity contribution >= 4 is 21.6 Å². The normalized spacial score (nSPS) is 10.1. The van der Waals surface area contributed by atoms with Crippen molar-refractivity contribution in [2.75, 3.05) is 5.73 Å². The first-order valence-electron chi connectivity index (χ1n) is 4.80. The first-order valence-corrected chi connectivity index (χ1v) is 5.59. The van der Waals surface area contributed by atoms with E-state index in [0.717, 1.165) is 10.0 Å². The van der Waals surface area contributed by atoms with Crippen molar-refractivity contribution < 1.29 is 4.74 Å². The van der Waals surface area contributed by atoms with Gasteiger partial charge in [-0.3, -0.25) is 0 Å². The predicted molar refractivity (Wildman–Crippen MR) is 67.6 cm³/mol. The van der Waals surface area contributed by atoms with Crippen LogP contribution in [0.25, 0.3) is 0 Å². The van der Waals surface area contributed by atoms with Crippen LogP contribution >= 0.6 is 15.9 Å². The van der Waals surface area contributed by atoms with E-state index in [-0.39, 0.29) is 0 Å². The first kappa shape index (κ1) is 11.0. The summed E-state index contributed by atoms with van der Waals surface area (Å²) in [5.74, 6) is 1.24. The second-order valence-corrected chi connectivity index (χ2v) is 4.41. The van der Waals surface area contributed by atoms with Crippen LogP contribution in [0, 0.1) is 6.92 Å². The van der Waals surface area contributed by atoms with Crippen molar-refractivity contribution in [3.05, 3.63) is 46.6 Å². The van der Waals surface area contributed by atoms with E-state index < -0.39 is 0 Å². The van der Waals surface area contributed by atoms with Gasteiger partial charge in [0.2, 0.25) is 5.88 Å². The van der Waals surface area contributed by atoms with Crippen LogP contribution in [0.15, 0.2) is 41.0 Å². The first-order chi connectivity index (χ1) is 7.63. The Morgan fingerprint density at radius 3 is 2.75 bits per heavy atom. The molecule has 1 aromatic heterocycles. The van der Waals surface area contributed by atoms with Gasteiger partial charge in [0.15, 0.2) is 0 Å². The minimum Gasteiger partial charge on any atom is -0.439 e. The number of benzene rings is 1. The molecule has 16 heavy (non-hydrogen) atoms. The van der Waals surface area contributed by atoms with E-state index in [9.17, 15) is 0 Å². The summed E-state index contributed by atoms with van der Waals surface area (Å²) in [6.07, 6.45) is 1.71. The molecule has 0 atom stereocenters. The summed E-state index contributed by atoms with van der Waals surface area (Å²) in [4.78, 5) is 4.12. The van der Waals surface area contributed by atoms with Crippen molar-refractivity contribution in [2.45, 2.75) is 6.92 Å².